The number of likely N-dealkylation sites (tertiary alicyclic amines) is 1. The molecule has 2 heteroatoms. The molecule has 0 amide bonds. The molecule has 0 aliphatic carbocycles. The number of hydrogen-bond donors (Lipinski definition) is 1. The Hall–Kier alpha value is -0.0800. The van der Waals surface area contributed by atoms with Gasteiger partial charge in [0.15, 0.2) is 0 Å². The number of nitrogens with zero attached hydrogens (tertiary/aromatic N) is 1. The van der Waals surface area contributed by atoms with Crippen molar-refractivity contribution in [2.24, 2.45) is 11.7 Å². The molecule has 0 aromatic rings. The van der Waals surface area contributed by atoms with Gasteiger partial charge in [0.2, 0.25) is 0 Å². The van der Waals surface area contributed by atoms with Gasteiger partial charge in [-0.25, -0.2) is 0 Å². The highest BCUT2D eigenvalue weighted by atomic mass is 15.2. The van der Waals surface area contributed by atoms with Crippen LogP contribution in [0, 0.1) is 5.92 Å². The van der Waals surface area contributed by atoms with Crippen molar-refractivity contribution in [2.45, 2.75) is 39.2 Å². The maximum absolute atomic E-state index is 5.81. The summed E-state index contributed by atoms with van der Waals surface area (Å²) in [6, 6.07) is 0.448. The Bertz CT molecular complexity index is 123. The standard InChI is InChI=1S/C10H22N2/c1-9(2)4-3-6-12-7-5-10(11)8-12/h9-10H,3-8,11H2,1-2H3/t10-/m0/s1. The monoisotopic (exact) mass is 170 g/mol. The molecule has 1 fully saturated rings. The molecule has 1 rings (SSSR count). The van der Waals surface area contributed by atoms with Crippen LogP contribution in [-0.2, 0) is 0 Å². The summed E-state index contributed by atoms with van der Waals surface area (Å²) in [6.07, 6.45) is 3.89. The third-order valence-electron chi connectivity index (χ3n) is 2.56. The molecule has 1 saturated heterocycles. The lowest BCUT2D eigenvalue weighted by Crippen LogP contribution is -2.27. The molecule has 72 valence electrons. The van der Waals surface area contributed by atoms with E-state index in [9.17, 15) is 0 Å². The molecule has 0 spiro atoms. The van der Waals surface area contributed by atoms with Crippen molar-refractivity contribution < 1.29 is 0 Å². The lowest BCUT2D eigenvalue weighted by atomic mass is 10.1. The second-order valence-electron chi connectivity index (χ2n) is 4.39. The fourth-order valence-corrected chi connectivity index (χ4v) is 1.79. The van der Waals surface area contributed by atoms with Crippen LogP contribution in [0.3, 0.4) is 0 Å². The van der Waals surface area contributed by atoms with Gasteiger partial charge in [-0.3, -0.25) is 0 Å². The summed E-state index contributed by atoms with van der Waals surface area (Å²) in [5.74, 6) is 0.848. The summed E-state index contributed by atoms with van der Waals surface area (Å²) in [7, 11) is 0. The normalized spacial score (nSPS) is 25.5. The molecular weight excluding hydrogens is 148 g/mol. The molecule has 2 nitrogen and oxygen atoms in total. The van der Waals surface area contributed by atoms with Crippen LogP contribution in [0.25, 0.3) is 0 Å². The SMILES string of the molecule is CC(C)CCCN1CC[C@H](N)C1. The second kappa shape index (κ2) is 4.83. The molecule has 12 heavy (non-hydrogen) atoms. The van der Waals surface area contributed by atoms with Gasteiger partial charge in [-0.1, -0.05) is 13.8 Å². The fourth-order valence-electron chi connectivity index (χ4n) is 1.79. The molecule has 0 bridgehead atoms. The van der Waals surface area contributed by atoms with E-state index in [0.29, 0.717) is 6.04 Å². The predicted octanol–water partition coefficient (Wildman–Crippen LogP) is 1.46. The van der Waals surface area contributed by atoms with Crippen LogP contribution in [0.5, 0.6) is 0 Å². The van der Waals surface area contributed by atoms with E-state index in [1.54, 1.807) is 0 Å². The largest absolute Gasteiger partial charge is 0.326 e. The Labute approximate surface area is 76.1 Å². The third-order valence-corrected chi connectivity index (χ3v) is 2.56. The van der Waals surface area contributed by atoms with E-state index >= 15 is 0 Å². The highest BCUT2D eigenvalue weighted by molar-refractivity contribution is 4.77. The van der Waals surface area contributed by atoms with E-state index < -0.39 is 0 Å². The Balaban J connectivity index is 2.00. The smallest absolute Gasteiger partial charge is 0.0180 e. The number of nitrogens with two attached hydrogens (primary N) is 1. The van der Waals surface area contributed by atoms with Gasteiger partial charge in [-0.2, -0.15) is 0 Å². The van der Waals surface area contributed by atoms with Crippen LogP contribution in [0.1, 0.15) is 33.1 Å². The van der Waals surface area contributed by atoms with Crippen LogP contribution in [0.2, 0.25) is 0 Å². The quantitative estimate of drug-likeness (QED) is 0.692. The first-order valence-corrected chi connectivity index (χ1v) is 5.16. The molecule has 0 aromatic carbocycles. The van der Waals surface area contributed by atoms with Gasteiger partial charge in [0.05, 0.1) is 0 Å². The molecule has 1 aliphatic heterocycles. The van der Waals surface area contributed by atoms with Crippen molar-refractivity contribution in [3.05, 3.63) is 0 Å². The molecule has 0 saturated carbocycles. The minimum absolute atomic E-state index is 0.448. The molecule has 1 atom stereocenters. The van der Waals surface area contributed by atoms with E-state index in [2.05, 4.69) is 18.7 Å². The van der Waals surface area contributed by atoms with E-state index in [4.69, 9.17) is 5.73 Å². The Kier molecular flexibility index (Phi) is 4.02. The van der Waals surface area contributed by atoms with Crippen molar-refractivity contribution >= 4 is 0 Å². The summed E-state index contributed by atoms with van der Waals surface area (Å²) < 4.78 is 0. The van der Waals surface area contributed by atoms with Gasteiger partial charge < -0.3 is 10.6 Å². The van der Waals surface area contributed by atoms with Crippen molar-refractivity contribution in [3.63, 3.8) is 0 Å². The second-order valence-corrected chi connectivity index (χ2v) is 4.39. The Morgan fingerprint density at radius 2 is 2.25 bits per heavy atom. The maximum Gasteiger partial charge on any atom is 0.0180 e. The lowest BCUT2D eigenvalue weighted by molar-refractivity contribution is 0.317. The fraction of sp³-hybridized carbons (Fsp3) is 1.00. The van der Waals surface area contributed by atoms with Crippen LogP contribution >= 0.6 is 0 Å². The molecule has 0 unspecified atom stereocenters. The highest BCUT2D eigenvalue weighted by Gasteiger charge is 2.17. The summed E-state index contributed by atoms with van der Waals surface area (Å²) in [6.45, 7) is 8.18. The van der Waals surface area contributed by atoms with E-state index in [-0.39, 0.29) is 0 Å². The Morgan fingerprint density at radius 1 is 1.50 bits per heavy atom. The molecule has 0 radical (unpaired) electrons. The van der Waals surface area contributed by atoms with Crippen molar-refractivity contribution in [1.29, 1.82) is 0 Å². The number of hydrogen-bond acceptors (Lipinski definition) is 2. The Morgan fingerprint density at radius 3 is 2.75 bits per heavy atom. The van der Waals surface area contributed by atoms with Gasteiger partial charge in [0.1, 0.15) is 0 Å². The summed E-state index contributed by atoms with van der Waals surface area (Å²) in [5.41, 5.74) is 5.81. The van der Waals surface area contributed by atoms with E-state index in [1.165, 1.54) is 32.4 Å². The van der Waals surface area contributed by atoms with Crippen molar-refractivity contribution in [1.82, 2.24) is 4.90 Å². The first kappa shape index (κ1) is 10.0. The van der Waals surface area contributed by atoms with E-state index in [1.807, 2.05) is 0 Å². The van der Waals surface area contributed by atoms with Crippen molar-refractivity contribution in [3.8, 4) is 0 Å². The first-order chi connectivity index (χ1) is 5.68. The summed E-state index contributed by atoms with van der Waals surface area (Å²) >= 11 is 0. The van der Waals surface area contributed by atoms with Crippen LogP contribution in [-0.4, -0.2) is 30.6 Å². The number of rotatable bonds is 4. The predicted molar refractivity (Wildman–Crippen MR) is 53.1 cm³/mol. The minimum atomic E-state index is 0.448. The zero-order valence-corrected chi connectivity index (χ0v) is 8.42. The zero-order valence-electron chi connectivity index (χ0n) is 8.42. The molecule has 2 N–H and O–H groups in total. The van der Waals surface area contributed by atoms with Crippen LogP contribution in [0.15, 0.2) is 0 Å². The van der Waals surface area contributed by atoms with E-state index in [0.717, 1.165) is 12.5 Å². The zero-order chi connectivity index (χ0) is 8.97. The highest BCUT2D eigenvalue weighted by Crippen LogP contribution is 2.10. The average molecular weight is 170 g/mol. The maximum atomic E-state index is 5.81. The van der Waals surface area contributed by atoms with Crippen LogP contribution < -0.4 is 5.73 Å². The minimum Gasteiger partial charge on any atom is -0.326 e. The third kappa shape index (κ3) is 3.55. The summed E-state index contributed by atoms with van der Waals surface area (Å²) in [5, 5.41) is 0. The molecular formula is C10H22N2. The van der Waals surface area contributed by atoms with Gasteiger partial charge in [-0.05, 0) is 38.3 Å². The lowest BCUT2D eigenvalue weighted by Gasteiger charge is -2.15. The van der Waals surface area contributed by atoms with Gasteiger partial charge in [-0.15, -0.1) is 0 Å². The van der Waals surface area contributed by atoms with Gasteiger partial charge in [0.25, 0.3) is 0 Å². The average Bonchev–Trinajstić information content (AvgIpc) is 2.35. The van der Waals surface area contributed by atoms with Crippen molar-refractivity contribution in [2.75, 3.05) is 19.6 Å². The topological polar surface area (TPSA) is 29.3 Å². The van der Waals surface area contributed by atoms with Gasteiger partial charge in [0, 0.05) is 12.6 Å². The van der Waals surface area contributed by atoms with Crippen LogP contribution in [0.4, 0.5) is 0 Å². The molecule has 1 heterocycles. The first-order valence-electron chi connectivity index (χ1n) is 5.16. The molecule has 0 aromatic heterocycles. The summed E-state index contributed by atoms with van der Waals surface area (Å²) in [4.78, 5) is 2.49. The molecule has 1 aliphatic rings. The van der Waals surface area contributed by atoms with Gasteiger partial charge >= 0.3 is 0 Å².